The first kappa shape index (κ1) is 10.1. The van der Waals surface area contributed by atoms with Crippen LogP contribution in [0.2, 0.25) is 0 Å². The second-order valence-electron chi connectivity index (χ2n) is 2.63. The van der Waals surface area contributed by atoms with Crippen molar-refractivity contribution < 1.29 is 14.3 Å². The molecule has 3 heteroatoms. The molecule has 0 heterocycles. The van der Waals surface area contributed by atoms with Gasteiger partial charge in [-0.2, -0.15) is 0 Å². The van der Waals surface area contributed by atoms with Gasteiger partial charge in [-0.05, 0) is 20.3 Å². The van der Waals surface area contributed by atoms with Crippen molar-refractivity contribution in [2.45, 2.75) is 39.7 Å². The van der Waals surface area contributed by atoms with Gasteiger partial charge in [-0.25, -0.2) is 4.79 Å². The molecule has 0 rings (SSSR count). The van der Waals surface area contributed by atoms with Crippen LogP contribution >= 0.6 is 0 Å². The van der Waals surface area contributed by atoms with Crippen LogP contribution in [0.15, 0.2) is 0 Å². The molecule has 0 aromatic heterocycles. The highest BCUT2D eigenvalue weighted by atomic mass is 16.5. The van der Waals surface area contributed by atoms with Gasteiger partial charge in [0.05, 0.1) is 6.10 Å². The maximum Gasteiger partial charge on any atom is 0.374 e. The van der Waals surface area contributed by atoms with E-state index in [1.165, 1.54) is 0 Å². The van der Waals surface area contributed by atoms with Crippen LogP contribution < -0.4 is 0 Å². The molecule has 0 saturated heterocycles. The van der Waals surface area contributed by atoms with Crippen LogP contribution in [0.4, 0.5) is 0 Å². The third-order valence-corrected chi connectivity index (χ3v) is 1.05. The Bertz CT molecular complexity index is 149. The smallest absolute Gasteiger partial charge is 0.374 e. The average molecular weight is 158 g/mol. The molecule has 0 amide bonds. The zero-order valence-corrected chi connectivity index (χ0v) is 7.22. The van der Waals surface area contributed by atoms with E-state index in [1.807, 2.05) is 6.92 Å². The van der Waals surface area contributed by atoms with E-state index < -0.39 is 11.8 Å². The summed E-state index contributed by atoms with van der Waals surface area (Å²) in [5.74, 6) is -1.14. The van der Waals surface area contributed by atoms with Crippen LogP contribution in [0, 0.1) is 0 Å². The van der Waals surface area contributed by atoms with E-state index in [2.05, 4.69) is 4.74 Å². The highest BCUT2D eigenvalue weighted by molar-refractivity contribution is 6.33. The molecule has 0 saturated carbocycles. The van der Waals surface area contributed by atoms with Gasteiger partial charge in [0.25, 0.3) is 0 Å². The number of Topliss-reactive ketones (excluding diaryl/α,β-unsaturated/α-hetero) is 1. The predicted octanol–water partition coefficient (Wildman–Crippen LogP) is 1.31. The summed E-state index contributed by atoms with van der Waals surface area (Å²) >= 11 is 0. The molecule has 0 spiro atoms. The third kappa shape index (κ3) is 4.53. The van der Waals surface area contributed by atoms with Crippen LogP contribution in [0.5, 0.6) is 0 Å². The summed E-state index contributed by atoms with van der Waals surface area (Å²) in [5.41, 5.74) is 0. The standard InChI is InChI=1S/C8H14O3/c1-4-5-7(9)8(10)11-6(2)3/h6H,4-5H2,1-3H3. The van der Waals surface area contributed by atoms with E-state index in [-0.39, 0.29) is 12.5 Å². The van der Waals surface area contributed by atoms with Crippen LogP contribution in [0.3, 0.4) is 0 Å². The number of rotatable bonds is 4. The third-order valence-electron chi connectivity index (χ3n) is 1.05. The summed E-state index contributed by atoms with van der Waals surface area (Å²) in [7, 11) is 0. The maximum atomic E-state index is 10.8. The Morgan fingerprint density at radius 3 is 2.27 bits per heavy atom. The van der Waals surface area contributed by atoms with Crippen molar-refractivity contribution in [2.24, 2.45) is 0 Å². The van der Waals surface area contributed by atoms with Gasteiger partial charge in [-0.15, -0.1) is 0 Å². The molecule has 0 unspecified atom stereocenters. The number of hydrogen-bond donors (Lipinski definition) is 0. The summed E-state index contributed by atoms with van der Waals surface area (Å²) in [5, 5.41) is 0. The second kappa shape index (κ2) is 4.88. The molecule has 0 aliphatic rings. The summed E-state index contributed by atoms with van der Waals surface area (Å²) in [6.07, 6.45) is 0.765. The van der Waals surface area contributed by atoms with Gasteiger partial charge in [-0.1, -0.05) is 6.92 Å². The Kier molecular flexibility index (Phi) is 4.50. The van der Waals surface area contributed by atoms with Crippen molar-refractivity contribution in [3.63, 3.8) is 0 Å². The van der Waals surface area contributed by atoms with E-state index in [0.29, 0.717) is 6.42 Å². The summed E-state index contributed by atoms with van der Waals surface area (Å²) in [6, 6.07) is 0. The molecule has 11 heavy (non-hydrogen) atoms. The second-order valence-corrected chi connectivity index (χ2v) is 2.63. The monoisotopic (exact) mass is 158 g/mol. The highest BCUT2D eigenvalue weighted by Gasteiger charge is 2.14. The Morgan fingerprint density at radius 2 is 1.91 bits per heavy atom. The van der Waals surface area contributed by atoms with E-state index in [1.54, 1.807) is 13.8 Å². The van der Waals surface area contributed by atoms with Gasteiger partial charge >= 0.3 is 5.97 Å². The topological polar surface area (TPSA) is 43.4 Å². The van der Waals surface area contributed by atoms with Crippen molar-refractivity contribution in [1.82, 2.24) is 0 Å². The van der Waals surface area contributed by atoms with E-state index in [0.717, 1.165) is 0 Å². The summed E-state index contributed by atoms with van der Waals surface area (Å²) in [6.45, 7) is 5.29. The molecule has 3 nitrogen and oxygen atoms in total. The number of carbonyl (C=O) groups is 2. The minimum Gasteiger partial charge on any atom is -0.457 e. The number of carbonyl (C=O) groups excluding carboxylic acids is 2. The lowest BCUT2D eigenvalue weighted by molar-refractivity contribution is -0.156. The van der Waals surface area contributed by atoms with Gasteiger partial charge in [0, 0.05) is 6.42 Å². The molecular formula is C8H14O3. The van der Waals surface area contributed by atoms with E-state index >= 15 is 0 Å². The Labute approximate surface area is 66.7 Å². The molecule has 0 bridgehead atoms. The van der Waals surface area contributed by atoms with Crippen molar-refractivity contribution in [3.8, 4) is 0 Å². The van der Waals surface area contributed by atoms with Crippen LogP contribution in [-0.4, -0.2) is 17.9 Å². The normalized spacial score (nSPS) is 9.82. The minimum absolute atomic E-state index is 0.205. The van der Waals surface area contributed by atoms with Gasteiger partial charge in [-0.3, -0.25) is 4.79 Å². The van der Waals surface area contributed by atoms with Crippen LogP contribution in [-0.2, 0) is 14.3 Å². The average Bonchev–Trinajstić information content (AvgIpc) is 1.86. The van der Waals surface area contributed by atoms with Crippen LogP contribution in [0.1, 0.15) is 33.6 Å². The molecule has 0 aromatic rings. The first-order chi connectivity index (χ1) is 5.07. The van der Waals surface area contributed by atoms with Crippen LogP contribution in [0.25, 0.3) is 0 Å². The number of hydrogen-bond acceptors (Lipinski definition) is 3. The van der Waals surface area contributed by atoms with Gasteiger partial charge < -0.3 is 4.74 Å². The van der Waals surface area contributed by atoms with Crippen molar-refractivity contribution in [2.75, 3.05) is 0 Å². The predicted molar refractivity (Wildman–Crippen MR) is 41.1 cm³/mol. The fourth-order valence-electron chi connectivity index (χ4n) is 0.609. The van der Waals surface area contributed by atoms with Gasteiger partial charge in [0.15, 0.2) is 0 Å². The SMILES string of the molecule is CCCC(=O)C(=O)OC(C)C. The highest BCUT2D eigenvalue weighted by Crippen LogP contribution is 1.95. The molecule has 0 aliphatic heterocycles. The summed E-state index contributed by atoms with van der Waals surface area (Å²) < 4.78 is 4.68. The minimum atomic E-state index is -0.707. The molecule has 0 aromatic carbocycles. The zero-order chi connectivity index (χ0) is 8.85. The first-order valence-electron chi connectivity index (χ1n) is 3.81. The lowest BCUT2D eigenvalue weighted by atomic mass is 10.2. The Hall–Kier alpha value is -0.860. The molecule has 0 aliphatic carbocycles. The lowest BCUT2D eigenvalue weighted by Crippen LogP contribution is -2.20. The fourth-order valence-corrected chi connectivity index (χ4v) is 0.609. The van der Waals surface area contributed by atoms with E-state index in [9.17, 15) is 9.59 Å². The zero-order valence-electron chi connectivity index (χ0n) is 7.22. The number of ether oxygens (including phenoxy) is 1. The number of ketones is 1. The molecule has 0 radical (unpaired) electrons. The maximum absolute atomic E-state index is 10.8. The van der Waals surface area contributed by atoms with E-state index in [4.69, 9.17) is 0 Å². The molecule has 0 atom stereocenters. The van der Waals surface area contributed by atoms with Crippen molar-refractivity contribution in [3.05, 3.63) is 0 Å². The summed E-state index contributed by atoms with van der Waals surface area (Å²) in [4.78, 5) is 21.6. The largest absolute Gasteiger partial charge is 0.457 e. The number of esters is 1. The van der Waals surface area contributed by atoms with Gasteiger partial charge in [0.1, 0.15) is 0 Å². The first-order valence-corrected chi connectivity index (χ1v) is 3.81. The molecule has 0 fully saturated rings. The molecular weight excluding hydrogens is 144 g/mol. The lowest BCUT2D eigenvalue weighted by Gasteiger charge is -2.05. The Morgan fingerprint density at radius 1 is 1.36 bits per heavy atom. The molecule has 64 valence electrons. The van der Waals surface area contributed by atoms with Crippen molar-refractivity contribution in [1.29, 1.82) is 0 Å². The quantitative estimate of drug-likeness (QED) is 0.457. The van der Waals surface area contributed by atoms with Crippen molar-refractivity contribution >= 4 is 11.8 Å². The fraction of sp³-hybridized carbons (Fsp3) is 0.750. The van der Waals surface area contributed by atoms with Gasteiger partial charge in [0.2, 0.25) is 5.78 Å². The Balaban J connectivity index is 3.74. The molecule has 0 N–H and O–H groups in total.